The van der Waals surface area contributed by atoms with Gasteiger partial charge in [0.15, 0.2) is 5.60 Å². The van der Waals surface area contributed by atoms with E-state index >= 15 is 0 Å². The Balaban J connectivity index is 1.76. The number of anilines is 1. The van der Waals surface area contributed by atoms with E-state index in [0.717, 1.165) is 22.6 Å². The molecule has 10 heteroatoms. The van der Waals surface area contributed by atoms with Gasteiger partial charge in [-0.05, 0) is 37.1 Å². The number of aromatic carboxylic acids is 1. The van der Waals surface area contributed by atoms with Crippen LogP contribution in [0.3, 0.4) is 0 Å². The highest BCUT2D eigenvalue weighted by molar-refractivity contribution is 7.18. The number of thiophene rings is 1. The molecular weight excluding hydrogens is 514 g/mol. The summed E-state index contributed by atoms with van der Waals surface area (Å²) in [6, 6.07) is 15.0. The Morgan fingerprint density at radius 2 is 1.92 bits per heavy atom. The van der Waals surface area contributed by atoms with Gasteiger partial charge in [-0.15, -0.1) is 11.3 Å². The van der Waals surface area contributed by atoms with Crippen molar-refractivity contribution in [3.8, 4) is 11.9 Å². The fourth-order valence-corrected chi connectivity index (χ4v) is 6.36. The van der Waals surface area contributed by atoms with E-state index in [1.807, 2.05) is 18.2 Å². The Kier molecular flexibility index (Phi) is 7.63. The summed E-state index contributed by atoms with van der Waals surface area (Å²) in [7, 11) is 0. The van der Waals surface area contributed by atoms with E-state index in [1.54, 1.807) is 30.5 Å². The van der Waals surface area contributed by atoms with E-state index < -0.39 is 11.6 Å². The number of ether oxygens (including phenoxy) is 3. The average Bonchev–Trinajstić information content (AvgIpc) is 3.35. The van der Waals surface area contributed by atoms with E-state index in [1.165, 1.54) is 0 Å². The zero-order valence-corrected chi connectivity index (χ0v) is 21.6. The summed E-state index contributed by atoms with van der Waals surface area (Å²) in [5.41, 5.74) is 1.53. The summed E-state index contributed by atoms with van der Waals surface area (Å²) in [4.78, 5) is 18.6. The third-order valence-corrected chi connectivity index (χ3v) is 8.24. The van der Waals surface area contributed by atoms with Gasteiger partial charge in [0.25, 0.3) is 0 Å². The summed E-state index contributed by atoms with van der Waals surface area (Å²) < 4.78 is 18.4. The molecule has 0 amide bonds. The molecule has 2 saturated heterocycles. The molecule has 5 rings (SSSR count). The van der Waals surface area contributed by atoms with Crippen LogP contribution in [0.4, 0.5) is 5.69 Å². The normalized spacial score (nSPS) is 18.1. The summed E-state index contributed by atoms with van der Waals surface area (Å²) in [6.07, 6.45) is 3.00. The number of halogens is 1. The highest BCUT2D eigenvalue weighted by atomic mass is 35.5. The average molecular weight is 540 g/mol. The van der Waals surface area contributed by atoms with Gasteiger partial charge in [0, 0.05) is 55.6 Å². The minimum atomic E-state index is -1.16. The van der Waals surface area contributed by atoms with Crippen molar-refractivity contribution in [1.82, 2.24) is 4.98 Å². The molecule has 2 aliphatic rings. The van der Waals surface area contributed by atoms with Gasteiger partial charge in [0.2, 0.25) is 5.88 Å². The molecular formula is C27H26ClN3O5S. The lowest BCUT2D eigenvalue weighted by molar-refractivity contribution is -0.0289. The molecule has 0 bridgehead atoms. The van der Waals surface area contributed by atoms with Crippen LogP contribution in [0.15, 0.2) is 48.7 Å². The van der Waals surface area contributed by atoms with Crippen LogP contribution in [-0.2, 0) is 15.1 Å². The number of rotatable bonds is 7. The molecule has 1 aromatic carbocycles. The van der Waals surface area contributed by atoms with Gasteiger partial charge in [0.1, 0.15) is 15.3 Å². The van der Waals surface area contributed by atoms with Crippen molar-refractivity contribution in [2.24, 2.45) is 5.92 Å². The molecule has 1 N–H and O–H groups in total. The number of nitriles is 1. The van der Waals surface area contributed by atoms with Crippen molar-refractivity contribution in [3.05, 3.63) is 74.6 Å². The fraction of sp³-hybridized carbons (Fsp3) is 0.370. The largest absolute Gasteiger partial charge is 0.477 e. The first-order valence-electron chi connectivity index (χ1n) is 12.1. The van der Waals surface area contributed by atoms with E-state index in [0.29, 0.717) is 73.7 Å². The minimum absolute atomic E-state index is 0.0949. The van der Waals surface area contributed by atoms with Gasteiger partial charge in [-0.1, -0.05) is 23.7 Å². The quantitative estimate of drug-likeness (QED) is 0.449. The van der Waals surface area contributed by atoms with Crippen molar-refractivity contribution >= 4 is 34.6 Å². The number of benzene rings is 1. The lowest BCUT2D eigenvalue weighted by Gasteiger charge is -2.43. The number of carboxylic acid groups (broad SMARTS) is 1. The number of hydrogen-bond acceptors (Lipinski definition) is 8. The van der Waals surface area contributed by atoms with Crippen LogP contribution in [-0.4, -0.2) is 55.6 Å². The van der Waals surface area contributed by atoms with Crippen LogP contribution >= 0.6 is 22.9 Å². The van der Waals surface area contributed by atoms with Crippen molar-refractivity contribution in [1.29, 1.82) is 5.26 Å². The summed E-state index contributed by atoms with van der Waals surface area (Å²) >= 11 is 7.81. The Hall–Kier alpha value is -3.16. The molecule has 3 aromatic rings. The van der Waals surface area contributed by atoms with Gasteiger partial charge in [-0.25, -0.2) is 9.78 Å². The van der Waals surface area contributed by atoms with Crippen LogP contribution in [0.1, 0.15) is 39.2 Å². The fourth-order valence-electron chi connectivity index (χ4n) is 5.14. The van der Waals surface area contributed by atoms with Crippen LogP contribution in [0.5, 0.6) is 5.88 Å². The number of aromatic nitrogens is 1. The van der Waals surface area contributed by atoms with Gasteiger partial charge in [-0.2, -0.15) is 5.26 Å². The van der Waals surface area contributed by atoms with Gasteiger partial charge in [-0.3, -0.25) is 0 Å². The van der Waals surface area contributed by atoms with Crippen molar-refractivity contribution in [2.45, 2.75) is 18.4 Å². The molecule has 8 nitrogen and oxygen atoms in total. The Bertz CT molecular complexity index is 1300. The number of carbonyl (C=O) groups is 1. The predicted octanol–water partition coefficient (Wildman–Crippen LogP) is 4.95. The van der Waals surface area contributed by atoms with Crippen molar-refractivity contribution in [3.63, 3.8) is 0 Å². The first kappa shape index (κ1) is 25.5. The zero-order chi connectivity index (χ0) is 25.8. The molecule has 1 atom stereocenters. The molecule has 192 valence electrons. The maximum absolute atomic E-state index is 11.9. The highest BCUT2D eigenvalue weighted by Gasteiger charge is 2.48. The third-order valence-electron chi connectivity index (χ3n) is 6.90. The SMILES string of the molecule is N#Cc1ccc(C(Oc2ccccn2)(c2cc(C(=O)O)sc2Cl)C2CCOCC2)cc1N1CCOCC1. The zero-order valence-electron chi connectivity index (χ0n) is 20.1. The predicted molar refractivity (Wildman–Crippen MR) is 140 cm³/mol. The molecule has 1 unspecified atom stereocenters. The van der Waals surface area contributed by atoms with Crippen LogP contribution in [0.2, 0.25) is 4.34 Å². The van der Waals surface area contributed by atoms with Crippen LogP contribution in [0.25, 0.3) is 0 Å². The molecule has 2 aliphatic heterocycles. The van der Waals surface area contributed by atoms with Gasteiger partial charge < -0.3 is 24.2 Å². The highest BCUT2D eigenvalue weighted by Crippen LogP contribution is 2.50. The number of morpholine rings is 1. The van der Waals surface area contributed by atoms with Crippen LogP contribution < -0.4 is 9.64 Å². The van der Waals surface area contributed by atoms with E-state index in [-0.39, 0.29) is 10.8 Å². The standard InChI is InChI=1S/C27H26ClN3O5S/c28-25-21(16-23(37-25)26(32)33)27(19-6-11-34-12-7-19,36-24-3-1-2-8-30-24)20-5-4-18(17-29)22(15-20)31-9-13-35-14-10-31/h1-5,8,15-16,19H,6-7,9-14H2,(H,32,33). The maximum Gasteiger partial charge on any atom is 0.345 e. The van der Waals surface area contributed by atoms with Gasteiger partial charge >= 0.3 is 5.97 Å². The molecule has 0 radical (unpaired) electrons. The second-order valence-corrected chi connectivity index (χ2v) is 10.6. The second kappa shape index (κ2) is 11.1. The molecule has 0 saturated carbocycles. The Labute approximate surface area is 224 Å². The Morgan fingerprint density at radius 3 is 2.57 bits per heavy atom. The summed E-state index contributed by atoms with van der Waals surface area (Å²) in [6.45, 7) is 3.54. The van der Waals surface area contributed by atoms with E-state index in [2.05, 4.69) is 16.0 Å². The molecule has 0 aliphatic carbocycles. The molecule has 0 spiro atoms. The number of hydrogen-bond donors (Lipinski definition) is 1. The molecule has 4 heterocycles. The number of nitrogens with zero attached hydrogens (tertiary/aromatic N) is 3. The number of carboxylic acids is 1. The molecule has 37 heavy (non-hydrogen) atoms. The molecule has 2 fully saturated rings. The topological polar surface area (TPSA) is 105 Å². The molecule has 2 aromatic heterocycles. The first-order valence-corrected chi connectivity index (χ1v) is 13.3. The minimum Gasteiger partial charge on any atom is -0.477 e. The Morgan fingerprint density at radius 1 is 1.16 bits per heavy atom. The lowest BCUT2D eigenvalue weighted by atomic mass is 9.72. The number of pyridine rings is 1. The van der Waals surface area contributed by atoms with E-state index in [9.17, 15) is 15.2 Å². The maximum atomic E-state index is 11.9. The summed E-state index contributed by atoms with van der Waals surface area (Å²) in [5, 5.41) is 19.7. The monoisotopic (exact) mass is 539 g/mol. The van der Waals surface area contributed by atoms with Crippen molar-refractivity contribution < 1.29 is 24.1 Å². The van der Waals surface area contributed by atoms with E-state index in [4.69, 9.17) is 25.8 Å². The van der Waals surface area contributed by atoms with Crippen LogP contribution in [0, 0.1) is 17.2 Å². The smallest absolute Gasteiger partial charge is 0.345 e. The van der Waals surface area contributed by atoms with Crippen molar-refractivity contribution in [2.75, 3.05) is 44.4 Å². The van der Waals surface area contributed by atoms with Gasteiger partial charge in [0.05, 0.1) is 24.5 Å². The lowest BCUT2D eigenvalue weighted by Crippen LogP contribution is -2.45. The second-order valence-electron chi connectivity index (χ2n) is 8.94. The first-order chi connectivity index (χ1) is 18.0. The summed E-state index contributed by atoms with van der Waals surface area (Å²) in [5.74, 6) is -0.751. The third kappa shape index (κ3) is 5.03.